The molecular formula is C16H21FN4. The maximum atomic E-state index is 12.9. The molecule has 21 heavy (non-hydrogen) atoms. The van der Waals surface area contributed by atoms with E-state index in [1.54, 1.807) is 12.1 Å². The Morgan fingerprint density at radius 3 is 2.81 bits per heavy atom. The van der Waals surface area contributed by atoms with Crippen molar-refractivity contribution in [2.75, 3.05) is 19.6 Å². The van der Waals surface area contributed by atoms with Crippen LogP contribution in [0.15, 0.2) is 36.7 Å². The first kappa shape index (κ1) is 14.2. The first-order chi connectivity index (χ1) is 10.2. The molecule has 0 radical (unpaired) electrons. The molecule has 1 atom stereocenters. The van der Waals surface area contributed by atoms with Crippen molar-refractivity contribution in [1.82, 2.24) is 20.0 Å². The van der Waals surface area contributed by atoms with Crippen LogP contribution in [-0.2, 0) is 13.1 Å². The summed E-state index contributed by atoms with van der Waals surface area (Å²) in [7, 11) is 0. The van der Waals surface area contributed by atoms with E-state index in [-0.39, 0.29) is 5.82 Å². The Labute approximate surface area is 124 Å². The minimum Gasteiger partial charge on any atom is -0.312 e. The second-order valence-electron chi connectivity index (χ2n) is 5.76. The summed E-state index contributed by atoms with van der Waals surface area (Å²) in [4.78, 5) is 2.44. The molecule has 1 aliphatic heterocycles. The molecule has 3 rings (SSSR count). The van der Waals surface area contributed by atoms with Crippen LogP contribution in [0, 0.1) is 5.82 Å². The van der Waals surface area contributed by atoms with E-state index in [1.807, 2.05) is 10.9 Å². The van der Waals surface area contributed by atoms with Crippen molar-refractivity contribution in [2.45, 2.75) is 26.1 Å². The Morgan fingerprint density at radius 2 is 2.05 bits per heavy atom. The first-order valence-electron chi connectivity index (χ1n) is 7.40. The molecule has 0 amide bonds. The molecule has 1 aromatic carbocycles. The van der Waals surface area contributed by atoms with Crippen LogP contribution < -0.4 is 5.32 Å². The van der Waals surface area contributed by atoms with Gasteiger partial charge in [0.15, 0.2) is 0 Å². The topological polar surface area (TPSA) is 33.1 Å². The number of nitrogens with zero attached hydrogens (tertiary/aromatic N) is 3. The number of halogens is 1. The lowest BCUT2D eigenvalue weighted by atomic mass is 10.2. The van der Waals surface area contributed by atoms with E-state index in [1.165, 1.54) is 17.7 Å². The summed E-state index contributed by atoms with van der Waals surface area (Å²) in [5.74, 6) is -0.201. The Hall–Kier alpha value is -1.72. The molecule has 1 fully saturated rings. The van der Waals surface area contributed by atoms with Crippen molar-refractivity contribution in [3.63, 3.8) is 0 Å². The van der Waals surface area contributed by atoms with Crippen molar-refractivity contribution in [2.24, 2.45) is 0 Å². The summed E-state index contributed by atoms with van der Waals surface area (Å²) in [6, 6.07) is 7.13. The summed E-state index contributed by atoms with van der Waals surface area (Å²) in [6.07, 6.45) is 4.01. The maximum absolute atomic E-state index is 12.9. The zero-order chi connectivity index (χ0) is 14.7. The van der Waals surface area contributed by atoms with Gasteiger partial charge in [0.1, 0.15) is 5.82 Å². The van der Waals surface area contributed by atoms with Crippen molar-refractivity contribution >= 4 is 0 Å². The van der Waals surface area contributed by atoms with Crippen molar-refractivity contribution in [3.8, 4) is 0 Å². The molecule has 0 spiro atoms. The second kappa shape index (κ2) is 6.37. The fourth-order valence-electron chi connectivity index (χ4n) is 2.77. The number of nitrogens with one attached hydrogen (secondary N) is 1. The highest BCUT2D eigenvalue weighted by atomic mass is 19.1. The summed E-state index contributed by atoms with van der Waals surface area (Å²) in [5, 5.41) is 7.85. The van der Waals surface area contributed by atoms with E-state index in [4.69, 9.17) is 0 Å². The fraction of sp³-hybridized carbons (Fsp3) is 0.438. The summed E-state index contributed by atoms with van der Waals surface area (Å²) in [5.41, 5.74) is 2.29. The van der Waals surface area contributed by atoms with Gasteiger partial charge in [0.05, 0.1) is 12.7 Å². The molecule has 1 aromatic heterocycles. The zero-order valence-corrected chi connectivity index (χ0v) is 12.3. The molecular weight excluding hydrogens is 267 g/mol. The summed E-state index contributed by atoms with van der Waals surface area (Å²) < 4.78 is 14.8. The highest BCUT2D eigenvalue weighted by Crippen LogP contribution is 2.09. The van der Waals surface area contributed by atoms with Crippen molar-refractivity contribution in [3.05, 3.63) is 53.6 Å². The monoisotopic (exact) mass is 288 g/mol. The van der Waals surface area contributed by atoms with Crippen molar-refractivity contribution in [1.29, 1.82) is 0 Å². The van der Waals surface area contributed by atoms with Gasteiger partial charge in [0.2, 0.25) is 0 Å². The normalized spacial score (nSPS) is 19.8. The molecule has 1 N–H and O–H groups in total. The number of hydrogen-bond donors (Lipinski definition) is 1. The SMILES string of the molecule is CC1CN(Cc2cnn(Cc3ccc(F)cc3)c2)CCN1. The Morgan fingerprint density at radius 1 is 1.24 bits per heavy atom. The largest absolute Gasteiger partial charge is 0.312 e. The first-order valence-corrected chi connectivity index (χ1v) is 7.40. The van der Waals surface area contributed by atoms with Crippen LogP contribution in [0.2, 0.25) is 0 Å². The quantitative estimate of drug-likeness (QED) is 0.932. The third-order valence-corrected chi connectivity index (χ3v) is 3.80. The average Bonchev–Trinajstić information content (AvgIpc) is 2.89. The Balaban J connectivity index is 1.59. The number of piperazine rings is 1. The minimum absolute atomic E-state index is 0.201. The molecule has 5 heteroatoms. The highest BCUT2D eigenvalue weighted by molar-refractivity contribution is 5.16. The van der Waals surface area contributed by atoms with Gasteiger partial charge in [-0.15, -0.1) is 0 Å². The minimum atomic E-state index is -0.201. The molecule has 0 saturated carbocycles. The van der Waals surface area contributed by atoms with E-state index < -0.39 is 0 Å². The average molecular weight is 288 g/mol. The highest BCUT2D eigenvalue weighted by Gasteiger charge is 2.16. The van der Waals surface area contributed by atoms with Gasteiger partial charge in [-0.2, -0.15) is 5.10 Å². The third kappa shape index (κ3) is 3.89. The number of aromatic nitrogens is 2. The van der Waals surface area contributed by atoms with Gasteiger partial charge in [-0.3, -0.25) is 9.58 Å². The predicted molar refractivity (Wildman–Crippen MR) is 80.5 cm³/mol. The lowest BCUT2D eigenvalue weighted by Crippen LogP contribution is -2.48. The molecule has 0 bridgehead atoms. The molecule has 0 aliphatic carbocycles. The van der Waals surface area contributed by atoms with Crippen molar-refractivity contribution < 1.29 is 4.39 Å². The van der Waals surface area contributed by atoms with Gasteiger partial charge in [-0.1, -0.05) is 12.1 Å². The van der Waals surface area contributed by atoms with Crippen LogP contribution in [0.5, 0.6) is 0 Å². The molecule has 1 unspecified atom stereocenters. The molecule has 2 aromatic rings. The number of benzene rings is 1. The molecule has 2 heterocycles. The van der Waals surface area contributed by atoms with Crippen LogP contribution >= 0.6 is 0 Å². The summed E-state index contributed by atoms with van der Waals surface area (Å²) in [6.45, 7) is 7.03. The van der Waals surface area contributed by atoms with Gasteiger partial charge < -0.3 is 5.32 Å². The van der Waals surface area contributed by atoms with E-state index in [0.717, 1.165) is 31.7 Å². The Bertz CT molecular complexity index is 578. The van der Waals surface area contributed by atoms with Crippen LogP contribution in [0.25, 0.3) is 0 Å². The van der Waals surface area contributed by atoms with Gasteiger partial charge in [0, 0.05) is 44.0 Å². The molecule has 1 aliphatic rings. The molecule has 1 saturated heterocycles. The lowest BCUT2D eigenvalue weighted by molar-refractivity contribution is 0.199. The van der Waals surface area contributed by atoms with Crippen LogP contribution in [-0.4, -0.2) is 40.4 Å². The van der Waals surface area contributed by atoms with Crippen LogP contribution in [0.4, 0.5) is 4.39 Å². The number of rotatable bonds is 4. The zero-order valence-electron chi connectivity index (χ0n) is 12.3. The van der Waals surface area contributed by atoms with Gasteiger partial charge in [0.25, 0.3) is 0 Å². The lowest BCUT2D eigenvalue weighted by Gasteiger charge is -2.31. The van der Waals surface area contributed by atoms with E-state index in [0.29, 0.717) is 12.6 Å². The third-order valence-electron chi connectivity index (χ3n) is 3.80. The predicted octanol–water partition coefficient (Wildman–Crippen LogP) is 1.86. The van der Waals surface area contributed by atoms with Crippen LogP contribution in [0.1, 0.15) is 18.1 Å². The Kier molecular flexibility index (Phi) is 4.31. The van der Waals surface area contributed by atoms with E-state index in [2.05, 4.69) is 28.4 Å². The second-order valence-corrected chi connectivity index (χ2v) is 5.76. The van der Waals surface area contributed by atoms with Crippen LogP contribution in [0.3, 0.4) is 0 Å². The summed E-state index contributed by atoms with van der Waals surface area (Å²) >= 11 is 0. The van der Waals surface area contributed by atoms with Gasteiger partial charge in [-0.05, 0) is 24.6 Å². The van der Waals surface area contributed by atoms with E-state index in [9.17, 15) is 4.39 Å². The van der Waals surface area contributed by atoms with E-state index >= 15 is 0 Å². The number of hydrogen-bond acceptors (Lipinski definition) is 3. The van der Waals surface area contributed by atoms with Gasteiger partial charge >= 0.3 is 0 Å². The maximum Gasteiger partial charge on any atom is 0.123 e. The fourth-order valence-corrected chi connectivity index (χ4v) is 2.77. The molecule has 112 valence electrons. The molecule has 4 nitrogen and oxygen atoms in total. The van der Waals surface area contributed by atoms with Gasteiger partial charge in [-0.25, -0.2) is 4.39 Å². The smallest absolute Gasteiger partial charge is 0.123 e. The standard InChI is InChI=1S/C16H21FN4/c1-13-9-20(7-6-18-13)10-15-8-19-21(12-15)11-14-2-4-16(17)5-3-14/h2-5,8,12-13,18H,6-7,9-11H2,1H3.